The molecule has 0 aliphatic rings. The van der Waals surface area contributed by atoms with Crippen molar-refractivity contribution in [2.45, 2.75) is 33.2 Å². The second-order valence-electron chi connectivity index (χ2n) is 4.24. The fourth-order valence-corrected chi connectivity index (χ4v) is 2.17. The fourth-order valence-electron chi connectivity index (χ4n) is 1.72. The van der Waals surface area contributed by atoms with Crippen LogP contribution in [0.1, 0.15) is 26.3 Å². The lowest BCUT2D eigenvalue weighted by Gasteiger charge is -2.21. The number of halogens is 1. The van der Waals surface area contributed by atoms with Crippen LogP contribution < -0.4 is 5.32 Å². The van der Waals surface area contributed by atoms with Crippen LogP contribution in [0.3, 0.4) is 0 Å². The van der Waals surface area contributed by atoms with E-state index in [1.165, 1.54) is 10.0 Å². The van der Waals surface area contributed by atoms with Crippen molar-refractivity contribution in [3.8, 4) is 0 Å². The molecule has 2 heteroatoms. The van der Waals surface area contributed by atoms with Crippen LogP contribution in [-0.4, -0.2) is 12.6 Å². The molecule has 0 bridgehead atoms. The van der Waals surface area contributed by atoms with Crippen LogP contribution >= 0.6 is 15.9 Å². The van der Waals surface area contributed by atoms with Crippen LogP contribution in [0.5, 0.6) is 0 Å². The number of nitrogens with one attached hydrogen (secondary N) is 1. The van der Waals surface area contributed by atoms with E-state index in [0.29, 0.717) is 12.0 Å². The molecule has 1 unspecified atom stereocenters. The number of likely N-dealkylation sites (N-methyl/N-ethyl adjacent to an activating group) is 1. The van der Waals surface area contributed by atoms with Crippen molar-refractivity contribution in [3.63, 3.8) is 0 Å². The summed E-state index contributed by atoms with van der Waals surface area (Å²) < 4.78 is 1.17. The zero-order chi connectivity index (χ0) is 11.3. The van der Waals surface area contributed by atoms with Gasteiger partial charge in [-0.25, -0.2) is 0 Å². The number of hydrogen-bond acceptors (Lipinski definition) is 1. The molecule has 1 aromatic carbocycles. The van der Waals surface area contributed by atoms with Gasteiger partial charge in [-0.1, -0.05) is 48.8 Å². The molecule has 0 heterocycles. The summed E-state index contributed by atoms with van der Waals surface area (Å²) in [5.74, 6) is 0.670. The summed E-state index contributed by atoms with van der Waals surface area (Å²) >= 11 is 3.51. The minimum atomic E-state index is 0.573. The Morgan fingerprint density at radius 3 is 2.60 bits per heavy atom. The van der Waals surface area contributed by atoms with E-state index in [-0.39, 0.29) is 0 Å². The summed E-state index contributed by atoms with van der Waals surface area (Å²) in [5, 5.41) is 3.53. The van der Waals surface area contributed by atoms with Gasteiger partial charge in [0.2, 0.25) is 0 Å². The first-order valence-electron chi connectivity index (χ1n) is 5.61. The molecule has 0 aliphatic heterocycles. The van der Waals surface area contributed by atoms with Crippen LogP contribution in [0.2, 0.25) is 0 Å². The van der Waals surface area contributed by atoms with Crippen molar-refractivity contribution < 1.29 is 0 Å². The molecule has 1 N–H and O–H groups in total. The van der Waals surface area contributed by atoms with Gasteiger partial charge in [-0.15, -0.1) is 0 Å². The van der Waals surface area contributed by atoms with Crippen molar-refractivity contribution in [2.75, 3.05) is 6.54 Å². The maximum atomic E-state index is 3.53. The normalized spacial score (nSPS) is 13.1. The second kappa shape index (κ2) is 6.29. The molecule has 0 amide bonds. The molecule has 0 saturated heterocycles. The van der Waals surface area contributed by atoms with Gasteiger partial charge in [0.05, 0.1) is 0 Å². The van der Waals surface area contributed by atoms with Crippen molar-refractivity contribution in [1.82, 2.24) is 5.32 Å². The first-order valence-corrected chi connectivity index (χ1v) is 6.40. The van der Waals surface area contributed by atoms with Crippen molar-refractivity contribution in [3.05, 3.63) is 34.3 Å². The lowest BCUT2D eigenvalue weighted by Crippen LogP contribution is -2.35. The van der Waals surface area contributed by atoms with Gasteiger partial charge >= 0.3 is 0 Å². The van der Waals surface area contributed by atoms with Crippen LogP contribution in [0.4, 0.5) is 0 Å². The third-order valence-corrected chi connectivity index (χ3v) is 3.11. The Balaban J connectivity index is 2.65. The summed E-state index contributed by atoms with van der Waals surface area (Å²) in [6, 6.07) is 9.14. The largest absolute Gasteiger partial charge is 0.314 e. The number of benzene rings is 1. The molecule has 1 rings (SSSR count). The molecule has 1 atom stereocenters. The van der Waals surface area contributed by atoms with Gasteiger partial charge in [-0.2, -0.15) is 0 Å². The van der Waals surface area contributed by atoms with Crippen LogP contribution in [0.25, 0.3) is 0 Å². The van der Waals surface area contributed by atoms with Crippen LogP contribution in [0.15, 0.2) is 28.7 Å². The Bertz CT molecular complexity index is 296. The minimum Gasteiger partial charge on any atom is -0.314 e. The highest BCUT2D eigenvalue weighted by Gasteiger charge is 2.12. The average Bonchev–Trinajstić information content (AvgIpc) is 2.17. The monoisotopic (exact) mass is 269 g/mol. The predicted octanol–water partition coefficient (Wildman–Crippen LogP) is 3.63. The van der Waals surface area contributed by atoms with Gasteiger partial charge < -0.3 is 5.32 Å². The maximum absolute atomic E-state index is 3.53. The molecule has 0 saturated carbocycles. The summed E-state index contributed by atoms with van der Waals surface area (Å²) in [5.41, 5.74) is 1.39. The molecular weight excluding hydrogens is 250 g/mol. The molecule has 0 aromatic heterocycles. The molecule has 15 heavy (non-hydrogen) atoms. The molecule has 0 spiro atoms. The van der Waals surface area contributed by atoms with E-state index in [9.17, 15) is 0 Å². The van der Waals surface area contributed by atoms with E-state index >= 15 is 0 Å². The Hall–Kier alpha value is -0.340. The van der Waals surface area contributed by atoms with Crippen molar-refractivity contribution in [1.29, 1.82) is 0 Å². The molecular formula is C13H20BrN. The van der Waals surface area contributed by atoms with Gasteiger partial charge in [0.15, 0.2) is 0 Å². The van der Waals surface area contributed by atoms with Crippen molar-refractivity contribution >= 4 is 15.9 Å². The highest BCUT2D eigenvalue weighted by atomic mass is 79.9. The van der Waals surface area contributed by atoms with E-state index in [2.05, 4.69) is 66.3 Å². The Labute approximate surface area is 101 Å². The quantitative estimate of drug-likeness (QED) is 0.861. The van der Waals surface area contributed by atoms with E-state index < -0.39 is 0 Å². The lowest BCUT2D eigenvalue weighted by atomic mass is 9.96. The van der Waals surface area contributed by atoms with Gasteiger partial charge in [0.25, 0.3) is 0 Å². The van der Waals surface area contributed by atoms with E-state index in [0.717, 1.165) is 13.0 Å². The van der Waals surface area contributed by atoms with Gasteiger partial charge in [-0.05, 0) is 36.6 Å². The molecule has 0 aliphatic carbocycles. The highest BCUT2D eigenvalue weighted by molar-refractivity contribution is 9.10. The van der Waals surface area contributed by atoms with Crippen LogP contribution in [-0.2, 0) is 6.42 Å². The van der Waals surface area contributed by atoms with Crippen molar-refractivity contribution in [2.24, 2.45) is 5.92 Å². The first-order chi connectivity index (χ1) is 7.13. The molecule has 0 fully saturated rings. The van der Waals surface area contributed by atoms with E-state index in [1.54, 1.807) is 0 Å². The van der Waals surface area contributed by atoms with E-state index in [1.807, 2.05) is 0 Å². The zero-order valence-electron chi connectivity index (χ0n) is 9.76. The van der Waals surface area contributed by atoms with E-state index in [4.69, 9.17) is 0 Å². The molecule has 1 aromatic rings. The summed E-state index contributed by atoms with van der Waals surface area (Å²) in [6.45, 7) is 7.74. The smallest absolute Gasteiger partial charge is 0.0178 e. The predicted molar refractivity (Wildman–Crippen MR) is 70.1 cm³/mol. The Morgan fingerprint density at radius 1 is 1.33 bits per heavy atom. The van der Waals surface area contributed by atoms with Gasteiger partial charge in [0.1, 0.15) is 0 Å². The summed E-state index contributed by atoms with van der Waals surface area (Å²) in [4.78, 5) is 0. The lowest BCUT2D eigenvalue weighted by molar-refractivity contribution is 0.405. The molecule has 84 valence electrons. The third-order valence-electron chi connectivity index (χ3n) is 2.62. The SMILES string of the molecule is CCNC(Cc1cccc(Br)c1)C(C)C. The zero-order valence-corrected chi connectivity index (χ0v) is 11.3. The average molecular weight is 270 g/mol. The number of hydrogen-bond donors (Lipinski definition) is 1. The minimum absolute atomic E-state index is 0.573. The second-order valence-corrected chi connectivity index (χ2v) is 5.16. The third kappa shape index (κ3) is 4.35. The van der Waals surface area contributed by atoms with Gasteiger partial charge in [0, 0.05) is 10.5 Å². The topological polar surface area (TPSA) is 12.0 Å². The fraction of sp³-hybridized carbons (Fsp3) is 0.538. The Morgan fingerprint density at radius 2 is 2.07 bits per heavy atom. The van der Waals surface area contributed by atoms with Gasteiger partial charge in [-0.3, -0.25) is 0 Å². The molecule has 0 radical (unpaired) electrons. The first kappa shape index (κ1) is 12.7. The summed E-state index contributed by atoms with van der Waals surface area (Å²) in [7, 11) is 0. The highest BCUT2D eigenvalue weighted by Crippen LogP contribution is 2.15. The summed E-state index contributed by atoms with van der Waals surface area (Å²) in [6.07, 6.45) is 1.10. The van der Waals surface area contributed by atoms with Crippen LogP contribution in [0, 0.1) is 5.92 Å². The number of rotatable bonds is 5. The standard InChI is InChI=1S/C13H20BrN/c1-4-15-13(10(2)3)9-11-6-5-7-12(14)8-11/h5-8,10,13,15H,4,9H2,1-3H3. The molecule has 1 nitrogen and oxygen atoms in total. The maximum Gasteiger partial charge on any atom is 0.0178 e. The Kier molecular flexibility index (Phi) is 5.34.